The summed E-state index contributed by atoms with van der Waals surface area (Å²) in [6.07, 6.45) is 4.29. The number of fused-ring (bicyclic) bond motifs is 2. The minimum Gasteiger partial charge on any atom is -0.480 e. The second-order valence-electron chi connectivity index (χ2n) is 10.5. The summed E-state index contributed by atoms with van der Waals surface area (Å²) in [4.78, 5) is 36.7. The van der Waals surface area contributed by atoms with Crippen molar-refractivity contribution < 1.29 is 31.5 Å². The monoisotopic (exact) mass is 616 g/mol. The molecule has 6 rings (SSSR count). The summed E-state index contributed by atoms with van der Waals surface area (Å²) in [5, 5.41) is 8.18. The SMILES string of the molecule is NC(=O)C1CCCCC1S(=O)(=O)c1nc2ccccc2[nH]1.O=C(O)C1CCCCN1S(=O)(=O)c1nc2ccccc2[nH]1. The molecular formula is C27H32N6O7S2. The topological polar surface area (TPSA) is 209 Å². The smallest absolute Gasteiger partial charge is 0.322 e. The summed E-state index contributed by atoms with van der Waals surface area (Å²) in [6, 6.07) is 13.1. The number of carbonyl (C=O) groups is 2. The van der Waals surface area contributed by atoms with Crippen molar-refractivity contribution in [1.82, 2.24) is 24.2 Å². The molecule has 3 unspecified atom stereocenters. The summed E-state index contributed by atoms with van der Waals surface area (Å²) in [7, 11) is -7.62. The van der Waals surface area contributed by atoms with Crippen LogP contribution in [0.4, 0.5) is 0 Å². The summed E-state index contributed by atoms with van der Waals surface area (Å²) in [5.74, 6) is -2.29. The minimum atomic E-state index is -3.93. The number of aromatic amines is 2. The maximum atomic E-state index is 12.8. The molecule has 224 valence electrons. The molecule has 0 radical (unpaired) electrons. The fourth-order valence-electron chi connectivity index (χ4n) is 5.60. The molecule has 3 atom stereocenters. The Morgan fingerprint density at radius 1 is 0.810 bits per heavy atom. The summed E-state index contributed by atoms with van der Waals surface area (Å²) >= 11 is 0. The number of primary amides is 1. The average Bonchev–Trinajstić information content (AvgIpc) is 3.63. The zero-order chi connectivity index (χ0) is 30.1. The van der Waals surface area contributed by atoms with Gasteiger partial charge in [-0.3, -0.25) is 9.59 Å². The Kier molecular flexibility index (Phi) is 8.35. The first-order chi connectivity index (χ1) is 20.0. The molecule has 1 aliphatic heterocycles. The number of carboxylic acid groups (broad SMARTS) is 1. The number of hydrogen-bond donors (Lipinski definition) is 4. The number of piperidine rings is 1. The highest BCUT2D eigenvalue weighted by Gasteiger charge is 2.41. The van der Waals surface area contributed by atoms with Crippen LogP contribution in [0.5, 0.6) is 0 Å². The number of amides is 1. The van der Waals surface area contributed by atoms with Gasteiger partial charge in [0.25, 0.3) is 10.0 Å². The van der Waals surface area contributed by atoms with Crippen molar-refractivity contribution in [2.24, 2.45) is 11.7 Å². The van der Waals surface area contributed by atoms with E-state index in [1.165, 1.54) is 0 Å². The fourth-order valence-corrected chi connectivity index (χ4v) is 9.12. The highest BCUT2D eigenvalue weighted by Crippen LogP contribution is 2.33. The van der Waals surface area contributed by atoms with Crippen LogP contribution in [0, 0.1) is 5.92 Å². The van der Waals surface area contributed by atoms with Gasteiger partial charge in [0.2, 0.25) is 26.1 Å². The Morgan fingerprint density at radius 2 is 1.36 bits per heavy atom. The van der Waals surface area contributed by atoms with Crippen LogP contribution < -0.4 is 5.73 Å². The molecular weight excluding hydrogens is 584 g/mol. The largest absolute Gasteiger partial charge is 0.480 e. The first-order valence-electron chi connectivity index (χ1n) is 13.7. The summed E-state index contributed by atoms with van der Waals surface area (Å²) < 4.78 is 51.9. The van der Waals surface area contributed by atoms with E-state index in [2.05, 4.69) is 19.9 Å². The molecule has 2 aromatic carbocycles. The number of carboxylic acids is 1. The van der Waals surface area contributed by atoms with Crippen LogP contribution in [0.25, 0.3) is 22.1 Å². The predicted octanol–water partition coefficient (Wildman–Crippen LogP) is 2.57. The van der Waals surface area contributed by atoms with Crippen molar-refractivity contribution in [3.8, 4) is 0 Å². The number of sulfonamides is 1. The second-order valence-corrected chi connectivity index (χ2v) is 14.3. The van der Waals surface area contributed by atoms with Gasteiger partial charge in [0.1, 0.15) is 6.04 Å². The van der Waals surface area contributed by atoms with Gasteiger partial charge < -0.3 is 20.8 Å². The number of hydrogen-bond acceptors (Lipinski definition) is 8. The lowest BCUT2D eigenvalue weighted by molar-refractivity contribution is -0.142. The Balaban J connectivity index is 0.000000168. The number of imidazole rings is 2. The van der Waals surface area contributed by atoms with Crippen molar-refractivity contribution in [2.45, 2.75) is 66.6 Å². The molecule has 1 saturated heterocycles. The van der Waals surface area contributed by atoms with E-state index in [1.54, 1.807) is 42.5 Å². The van der Waals surface area contributed by atoms with Gasteiger partial charge in [0.15, 0.2) is 0 Å². The number of rotatable bonds is 6. The molecule has 1 saturated carbocycles. The van der Waals surface area contributed by atoms with Gasteiger partial charge >= 0.3 is 5.97 Å². The lowest BCUT2D eigenvalue weighted by atomic mass is 9.88. The number of nitrogens with zero attached hydrogens (tertiary/aromatic N) is 3. The molecule has 0 bridgehead atoms. The molecule has 2 aromatic heterocycles. The van der Waals surface area contributed by atoms with E-state index in [9.17, 15) is 31.5 Å². The van der Waals surface area contributed by atoms with Crippen LogP contribution in [0.2, 0.25) is 0 Å². The number of para-hydroxylation sites is 4. The van der Waals surface area contributed by atoms with E-state index in [0.717, 1.165) is 17.1 Å². The van der Waals surface area contributed by atoms with Gasteiger partial charge in [-0.25, -0.2) is 26.8 Å². The van der Waals surface area contributed by atoms with E-state index < -0.39 is 48.9 Å². The zero-order valence-corrected chi connectivity index (χ0v) is 24.3. The van der Waals surface area contributed by atoms with Crippen LogP contribution in [-0.2, 0) is 29.4 Å². The van der Waals surface area contributed by atoms with Crippen LogP contribution in [0.3, 0.4) is 0 Å². The first-order valence-corrected chi connectivity index (χ1v) is 16.7. The molecule has 2 aliphatic rings. The molecule has 1 amide bonds. The maximum Gasteiger partial charge on any atom is 0.322 e. The second kappa shape index (κ2) is 11.8. The first kappa shape index (κ1) is 29.7. The van der Waals surface area contributed by atoms with Gasteiger partial charge in [0, 0.05) is 6.54 Å². The summed E-state index contributed by atoms with van der Waals surface area (Å²) in [6.45, 7) is 0.205. The number of nitrogens with two attached hydrogens (primary N) is 1. The number of aliphatic carboxylic acids is 1. The van der Waals surface area contributed by atoms with Crippen molar-refractivity contribution in [3.05, 3.63) is 48.5 Å². The molecule has 5 N–H and O–H groups in total. The fraction of sp³-hybridized carbons (Fsp3) is 0.407. The Morgan fingerprint density at radius 3 is 1.95 bits per heavy atom. The third kappa shape index (κ3) is 5.76. The van der Waals surface area contributed by atoms with Crippen LogP contribution in [-0.4, -0.2) is 75.9 Å². The van der Waals surface area contributed by atoms with Gasteiger partial charge in [-0.05, 0) is 56.4 Å². The number of aromatic nitrogens is 4. The van der Waals surface area contributed by atoms with Crippen molar-refractivity contribution in [3.63, 3.8) is 0 Å². The number of benzene rings is 2. The van der Waals surface area contributed by atoms with E-state index in [-0.39, 0.29) is 16.9 Å². The van der Waals surface area contributed by atoms with E-state index in [1.807, 2.05) is 6.07 Å². The quantitative estimate of drug-likeness (QED) is 0.250. The minimum absolute atomic E-state index is 0.0677. The number of sulfone groups is 1. The number of H-pyrrole nitrogens is 2. The van der Waals surface area contributed by atoms with Crippen molar-refractivity contribution >= 4 is 53.8 Å². The molecule has 13 nitrogen and oxygen atoms in total. The average molecular weight is 617 g/mol. The van der Waals surface area contributed by atoms with Gasteiger partial charge in [-0.1, -0.05) is 37.1 Å². The van der Waals surface area contributed by atoms with Crippen LogP contribution in [0.1, 0.15) is 44.9 Å². The molecule has 2 fully saturated rings. The highest BCUT2D eigenvalue weighted by molar-refractivity contribution is 7.92. The number of carbonyl (C=O) groups excluding carboxylic acids is 1. The molecule has 4 aromatic rings. The normalized spacial score (nSPS) is 22.0. The molecule has 3 heterocycles. The molecule has 1 aliphatic carbocycles. The standard InChI is InChI=1S/C14H17N3O3S.C13H15N3O4S/c15-13(18)9-5-1-4-8-12(9)21(19,20)14-16-10-6-2-3-7-11(10)17-14;17-12(18)11-7-3-4-8-16(11)21(19,20)13-14-9-5-1-2-6-10(9)15-13/h2-3,6-7,9,12H,1,4-5,8H2,(H2,15,18)(H,16,17);1-2,5-6,11H,3-4,7-8H2,(H,14,15)(H,17,18). The zero-order valence-electron chi connectivity index (χ0n) is 22.6. The Hall–Kier alpha value is -3.82. The third-order valence-corrected chi connectivity index (χ3v) is 11.6. The van der Waals surface area contributed by atoms with Gasteiger partial charge in [0.05, 0.1) is 33.2 Å². The van der Waals surface area contributed by atoms with Crippen LogP contribution in [0.15, 0.2) is 58.8 Å². The van der Waals surface area contributed by atoms with E-state index in [0.29, 0.717) is 54.2 Å². The lowest BCUT2D eigenvalue weighted by Crippen LogP contribution is -2.48. The van der Waals surface area contributed by atoms with Crippen molar-refractivity contribution in [1.29, 1.82) is 0 Å². The van der Waals surface area contributed by atoms with Gasteiger partial charge in [-0.15, -0.1) is 0 Å². The molecule has 0 spiro atoms. The third-order valence-electron chi connectivity index (χ3n) is 7.76. The Labute approximate surface area is 242 Å². The van der Waals surface area contributed by atoms with E-state index in [4.69, 9.17) is 5.73 Å². The molecule has 15 heteroatoms. The molecule has 42 heavy (non-hydrogen) atoms. The highest BCUT2D eigenvalue weighted by atomic mass is 32.2. The van der Waals surface area contributed by atoms with E-state index >= 15 is 0 Å². The predicted molar refractivity (Wildman–Crippen MR) is 153 cm³/mol. The maximum absolute atomic E-state index is 12.8. The van der Waals surface area contributed by atoms with Gasteiger partial charge in [-0.2, -0.15) is 4.31 Å². The number of nitrogens with one attached hydrogen (secondary N) is 2. The lowest BCUT2D eigenvalue weighted by Gasteiger charge is -2.30. The van der Waals surface area contributed by atoms with Crippen LogP contribution >= 0.6 is 0 Å². The summed E-state index contributed by atoms with van der Waals surface area (Å²) in [5.41, 5.74) is 7.79. The Bertz CT molecular complexity index is 1630. The van der Waals surface area contributed by atoms with Crippen molar-refractivity contribution in [2.75, 3.05) is 6.54 Å².